The van der Waals surface area contributed by atoms with E-state index in [2.05, 4.69) is 75.5 Å². The van der Waals surface area contributed by atoms with Gasteiger partial charge < -0.3 is 5.32 Å². The number of nitrogens with one attached hydrogen (secondary N) is 1. The minimum absolute atomic E-state index is 0.604. The Balaban J connectivity index is 1.91. The van der Waals surface area contributed by atoms with Gasteiger partial charge in [-0.05, 0) is 42.0 Å². The zero-order chi connectivity index (χ0) is 14.5. The Morgan fingerprint density at radius 1 is 0.900 bits per heavy atom. The van der Waals surface area contributed by atoms with Crippen LogP contribution in [0, 0.1) is 13.8 Å². The number of hydrogen-bond acceptors (Lipinski definition) is 1. The molecular weight excluding hydrogens is 242 g/mol. The minimum Gasteiger partial charge on any atom is -0.309 e. The molecule has 1 nitrogen and oxygen atoms in total. The molecule has 2 rings (SSSR count). The van der Waals surface area contributed by atoms with Crippen LogP contribution in [0.4, 0.5) is 0 Å². The lowest BCUT2D eigenvalue weighted by molar-refractivity contribution is 0.689. The third-order valence-electron chi connectivity index (χ3n) is 3.80. The van der Waals surface area contributed by atoms with Crippen LogP contribution < -0.4 is 5.32 Å². The minimum atomic E-state index is 0.604. The predicted octanol–water partition coefficient (Wildman–Crippen LogP) is 4.72. The maximum absolute atomic E-state index is 3.53. The van der Waals surface area contributed by atoms with Gasteiger partial charge in [0.15, 0.2) is 0 Å². The van der Waals surface area contributed by atoms with Crippen molar-refractivity contribution in [1.82, 2.24) is 5.32 Å². The van der Waals surface area contributed by atoms with Gasteiger partial charge in [0, 0.05) is 13.1 Å². The molecule has 0 heterocycles. The van der Waals surface area contributed by atoms with E-state index in [1.54, 1.807) is 0 Å². The topological polar surface area (TPSA) is 12.0 Å². The first-order valence-electron chi connectivity index (χ1n) is 7.42. The van der Waals surface area contributed by atoms with E-state index in [-0.39, 0.29) is 0 Å². The first-order valence-corrected chi connectivity index (χ1v) is 7.42. The molecule has 0 aliphatic carbocycles. The summed E-state index contributed by atoms with van der Waals surface area (Å²) in [6.45, 7) is 10.6. The van der Waals surface area contributed by atoms with Crippen LogP contribution in [-0.4, -0.2) is 0 Å². The van der Waals surface area contributed by atoms with E-state index >= 15 is 0 Å². The van der Waals surface area contributed by atoms with Crippen molar-refractivity contribution < 1.29 is 0 Å². The maximum Gasteiger partial charge on any atom is 0.0211 e. The van der Waals surface area contributed by atoms with Crippen LogP contribution in [0.5, 0.6) is 0 Å². The molecular formula is C19H25N. The highest BCUT2D eigenvalue weighted by Crippen LogP contribution is 2.15. The van der Waals surface area contributed by atoms with E-state index in [0.29, 0.717) is 5.92 Å². The second-order valence-electron chi connectivity index (χ2n) is 5.93. The van der Waals surface area contributed by atoms with E-state index in [0.717, 1.165) is 13.1 Å². The lowest BCUT2D eigenvalue weighted by Crippen LogP contribution is -2.13. The second kappa shape index (κ2) is 6.71. The van der Waals surface area contributed by atoms with Gasteiger partial charge in [-0.15, -0.1) is 0 Å². The molecule has 2 aromatic carbocycles. The van der Waals surface area contributed by atoms with Crippen molar-refractivity contribution in [2.75, 3.05) is 0 Å². The molecule has 0 radical (unpaired) electrons. The van der Waals surface area contributed by atoms with Gasteiger partial charge in [-0.3, -0.25) is 0 Å². The lowest BCUT2D eigenvalue weighted by Gasteiger charge is -2.10. The average molecular weight is 267 g/mol. The van der Waals surface area contributed by atoms with E-state index in [1.165, 1.54) is 27.8 Å². The molecule has 0 fully saturated rings. The first kappa shape index (κ1) is 14.8. The van der Waals surface area contributed by atoms with E-state index < -0.39 is 0 Å². The summed E-state index contributed by atoms with van der Waals surface area (Å²) < 4.78 is 0. The fraction of sp³-hybridized carbons (Fsp3) is 0.368. The smallest absolute Gasteiger partial charge is 0.0211 e. The third-order valence-corrected chi connectivity index (χ3v) is 3.80. The molecule has 0 spiro atoms. The fourth-order valence-corrected chi connectivity index (χ4v) is 2.35. The monoisotopic (exact) mass is 267 g/mol. The molecule has 0 unspecified atom stereocenters. The SMILES string of the molecule is Cc1ccc(C)c(CNCc2ccc(C(C)C)cc2)c1. The normalized spacial score (nSPS) is 11.1. The van der Waals surface area contributed by atoms with Crippen molar-refractivity contribution in [2.45, 2.75) is 46.7 Å². The fourth-order valence-electron chi connectivity index (χ4n) is 2.35. The molecule has 0 aliphatic rings. The van der Waals surface area contributed by atoms with E-state index in [9.17, 15) is 0 Å². The summed E-state index contributed by atoms with van der Waals surface area (Å²) in [5.41, 5.74) is 6.83. The molecule has 106 valence electrons. The van der Waals surface area contributed by atoms with Crippen molar-refractivity contribution in [2.24, 2.45) is 0 Å². The lowest BCUT2D eigenvalue weighted by atomic mass is 10.0. The molecule has 0 atom stereocenters. The van der Waals surface area contributed by atoms with E-state index in [4.69, 9.17) is 0 Å². The molecule has 20 heavy (non-hydrogen) atoms. The zero-order valence-corrected chi connectivity index (χ0v) is 13.0. The number of aryl methyl sites for hydroxylation is 2. The first-order chi connectivity index (χ1) is 9.56. The van der Waals surface area contributed by atoms with E-state index in [1.807, 2.05) is 0 Å². The Morgan fingerprint density at radius 2 is 1.60 bits per heavy atom. The third kappa shape index (κ3) is 3.94. The highest BCUT2D eigenvalue weighted by atomic mass is 14.8. The number of rotatable bonds is 5. The summed E-state index contributed by atoms with van der Waals surface area (Å²) in [4.78, 5) is 0. The van der Waals surface area contributed by atoms with Crippen molar-refractivity contribution in [3.05, 3.63) is 70.3 Å². The molecule has 1 N–H and O–H groups in total. The van der Waals surface area contributed by atoms with Crippen LogP contribution in [0.2, 0.25) is 0 Å². The maximum atomic E-state index is 3.53. The van der Waals surface area contributed by atoms with Gasteiger partial charge >= 0.3 is 0 Å². The quantitative estimate of drug-likeness (QED) is 0.826. The molecule has 0 aliphatic heterocycles. The van der Waals surface area contributed by atoms with Crippen molar-refractivity contribution in [3.63, 3.8) is 0 Å². The largest absolute Gasteiger partial charge is 0.309 e. The summed E-state index contributed by atoms with van der Waals surface area (Å²) in [5, 5.41) is 3.53. The van der Waals surface area contributed by atoms with Crippen molar-refractivity contribution in [1.29, 1.82) is 0 Å². The van der Waals surface area contributed by atoms with Crippen molar-refractivity contribution >= 4 is 0 Å². The molecule has 1 heteroatoms. The predicted molar refractivity (Wildman–Crippen MR) is 87.0 cm³/mol. The summed E-state index contributed by atoms with van der Waals surface area (Å²) in [6.07, 6.45) is 0. The Bertz CT molecular complexity index is 552. The molecule has 0 amide bonds. The van der Waals surface area contributed by atoms with Gasteiger partial charge in [0.2, 0.25) is 0 Å². The average Bonchev–Trinajstić information content (AvgIpc) is 2.43. The summed E-state index contributed by atoms with van der Waals surface area (Å²) >= 11 is 0. The number of hydrogen-bond donors (Lipinski definition) is 1. The van der Waals surface area contributed by atoms with Crippen LogP contribution >= 0.6 is 0 Å². The standard InChI is InChI=1S/C19H25N/c1-14(2)18-9-7-17(8-10-18)12-20-13-19-11-15(3)5-6-16(19)4/h5-11,14,20H,12-13H2,1-4H3. The zero-order valence-electron chi connectivity index (χ0n) is 13.0. The van der Waals surface area contributed by atoms with Crippen LogP contribution in [-0.2, 0) is 13.1 Å². The highest BCUT2D eigenvalue weighted by Gasteiger charge is 2.01. The van der Waals surface area contributed by atoms with Crippen LogP contribution in [0.25, 0.3) is 0 Å². The Kier molecular flexibility index (Phi) is 4.97. The molecule has 0 aromatic heterocycles. The van der Waals surface area contributed by atoms with Gasteiger partial charge in [0.1, 0.15) is 0 Å². The van der Waals surface area contributed by atoms with Crippen LogP contribution in [0.1, 0.15) is 47.6 Å². The molecule has 0 saturated carbocycles. The van der Waals surface area contributed by atoms with Crippen LogP contribution in [0.15, 0.2) is 42.5 Å². The van der Waals surface area contributed by atoms with Gasteiger partial charge in [-0.2, -0.15) is 0 Å². The summed E-state index contributed by atoms with van der Waals surface area (Å²) in [6, 6.07) is 15.6. The van der Waals surface area contributed by atoms with Gasteiger partial charge in [-0.1, -0.05) is 61.9 Å². The van der Waals surface area contributed by atoms with Gasteiger partial charge in [-0.25, -0.2) is 0 Å². The Labute approximate surface area is 123 Å². The molecule has 2 aromatic rings. The summed E-state index contributed by atoms with van der Waals surface area (Å²) in [5.74, 6) is 0.604. The molecule has 0 saturated heterocycles. The van der Waals surface area contributed by atoms with Crippen LogP contribution in [0.3, 0.4) is 0 Å². The second-order valence-corrected chi connectivity index (χ2v) is 5.93. The van der Waals surface area contributed by atoms with Gasteiger partial charge in [0.05, 0.1) is 0 Å². The Morgan fingerprint density at radius 3 is 2.25 bits per heavy atom. The van der Waals surface area contributed by atoms with Crippen molar-refractivity contribution in [3.8, 4) is 0 Å². The molecule has 0 bridgehead atoms. The van der Waals surface area contributed by atoms with Gasteiger partial charge in [0.25, 0.3) is 0 Å². The summed E-state index contributed by atoms with van der Waals surface area (Å²) in [7, 11) is 0. The Hall–Kier alpha value is -1.60. The number of benzene rings is 2. The highest BCUT2D eigenvalue weighted by molar-refractivity contribution is 5.30.